The smallest absolute Gasteiger partial charge is 0.313 e. The third kappa shape index (κ3) is 1.71. The molecule has 3 nitrogen and oxygen atoms in total. The molecule has 0 aliphatic carbocycles. The number of nitrogens with zero attached hydrogens (tertiary/aromatic N) is 1. The van der Waals surface area contributed by atoms with Gasteiger partial charge in [-0.15, -0.1) is 0 Å². The van der Waals surface area contributed by atoms with Crippen molar-refractivity contribution in [2.24, 2.45) is 7.05 Å². The van der Waals surface area contributed by atoms with E-state index in [2.05, 4.69) is 6.07 Å². The minimum absolute atomic E-state index is 0.800. The molecule has 0 saturated carbocycles. The summed E-state index contributed by atoms with van der Waals surface area (Å²) in [5.41, 5.74) is 2.21. The minimum atomic E-state index is -0.868. The maximum Gasteiger partial charge on any atom is 0.313 e. The highest BCUT2D eigenvalue weighted by molar-refractivity contribution is 5.92. The average Bonchev–Trinajstić information content (AvgIpc) is 2.56. The Morgan fingerprint density at radius 2 is 2.00 bits per heavy atom. The Morgan fingerprint density at radius 3 is 2.59 bits per heavy atom. The lowest BCUT2D eigenvalue weighted by molar-refractivity contribution is -0.142. The number of hydrogen-bond acceptors (Lipinski definition) is 1. The quantitative estimate of drug-likeness (QED) is 0.863. The lowest BCUT2D eigenvalue weighted by Gasteiger charge is -2.18. The van der Waals surface area contributed by atoms with Crippen LogP contribution in [0.3, 0.4) is 0 Å². The summed E-state index contributed by atoms with van der Waals surface area (Å²) < 4.78 is 1.98. The summed E-state index contributed by atoms with van der Waals surface area (Å²) in [6, 6.07) is 6.13. The number of fused-ring (bicyclic) bond motifs is 1. The fraction of sp³-hybridized carbons (Fsp3) is 0.357. The maximum atomic E-state index is 11.4. The number of aromatic nitrogens is 1. The van der Waals surface area contributed by atoms with E-state index in [-0.39, 0.29) is 0 Å². The molecule has 0 spiro atoms. The summed E-state index contributed by atoms with van der Waals surface area (Å²) in [6.07, 6.45) is 1.91. The molecule has 0 amide bonds. The van der Waals surface area contributed by atoms with Crippen LogP contribution in [-0.2, 0) is 17.3 Å². The van der Waals surface area contributed by atoms with Gasteiger partial charge in [-0.3, -0.25) is 4.79 Å². The second-order valence-electron chi connectivity index (χ2n) is 5.10. The molecule has 1 aromatic heterocycles. The van der Waals surface area contributed by atoms with Gasteiger partial charge in [-0.2, -0.15) is 0 Å². The van der Waals surface area contributed by atoms with E-state index in [1.54, 1.807) is 13.8 Å². The first-order valence-corrected chi connectivity index (χ1v) is 5.63. The molecule has 2 rings (SSSR count). The highest BCUT2D eigenvalue weighted by atomic mass is 16.4. The van der Waals surface area contributed by atoms with Crippen LogP contribution in [0.25, 0.3) is 10.9 Å². The molecule has 90 valence electrons. The largest absolute Gasteiger partial charge is 0.481 e. The van der Waals surface area contributed by atoms with Crippen molar-refractivity contribution in [3.05, 3.63) is 35.5 Å². The Morgan fingerprint density at radius 1 is 1.35 bits per heavy atom. The Bertz CT molecular complexity index is 594. The van der Waals surface area contributed by atoms with Gasteiger partial charge in [0, 0.05) is 24.1 Å². The molecule has 17 heavy (non-hydrogen) atoms. The van der Waals surface area contributed by atoms with Gasteiger partial charge in [-0.25, -0.2) is 0 Å². The van der Waals surface area contributed by atoms with Crippen LogP contribution in [-0.4, -0.2) is 15.6 Å². The molecule has 1 aromatic carbocycles. The molecule has 0 fully saturated rings. The Balaban J connectivity index is 2.79. The standard InChI is InChI=1S/C14H17NO2/c1-9-5-6-12-10(7-9)11(8-15(12)4)14(2,3)13(16)17/h5-8H,1-4H3,(H,16,17). The van der Waals surface area contributed by atoms with Crippen molar-refractivity contribution in [2.45, 2.75) is 26.2 Å². The number of aliphatic carboxylic acids is 1. The number of hydrogen-bond donors (Lipinski definition) is 1. The van der Waals surface area contributed by atoms with Crippen molar-refractivity contribution in [1.29, 1.82) is 0 Å². The van der Waals surface area contributed by atoms with Crippen molar-refractivity contribution < 1.29 is 9.90 Å². The number of rotatable bonds is 2. The molecule has 2 aromatic rings. The molecule has 3 heteroatoms. The van der Waals surface area contributed by atoms with Crippen LogP contribution in [0.4, 0.5) is 0 Å². The van der Waals surface area contributed by atoms with E-state index < -0.39 is 11.4 Å². The summed E-state index contributed by atoms with van der Waals surface area (Å²) >= 11 is 0. The second-order valence-corrected chi connectivity index (χ2v) is 5.10. The Labute approximate surface area is 101 Å². The molecule has 1 N–H and O–H groups in total. The summed E-state index contributed by atoms with van der Waals surface area (Å²) in [6.45, 7) is 5.50. The zero-order valence-corrected chi connectivity index (χ0v) is 10.6. The first kappa shape index (κ1) is 11.7. The van der Waals surface area contributed by atoms with Gasteiger partial charge in [-0.1, -0.05) is 11.6 Å². The SMILES string of the molecule is Cc1ccc2c(c1)c(C(C)(C)C(=O)O)cn2C. The molecule has 0 unspecified atom stereocenters. The Hall–Kier alpha value is -1.77. The van der Waals surface area contributed by atoms with Crippen LogP contribution in [0.2, 0.25) is 0 Å². The van der Waals surface area contributed by atoms with Gasteiger partial charge in [0.25, 0.3) is 0 Å². The predicted molar refractivity (Wildman–Crippen MR) is 68.3 cm³/mol. The molecule has 1 heterocycles. The van der Waals surface area contributed by atoms with Crippen molar-refractivity contribution in [3.8, 4) is 0 Å². The zero-order chi connectivity index (χ0) is 12.8. The molecule has 0 aliphatic rings. The monoisotopic (exact) mass is 231 g/mol. The summed E-state index contributed by atoms with van der Waals surface area (Å²) in [4.78, 5) is 11.4. The molecular weight excluding hydrogens is 214 g/mol. The average molecular weight is 231 g/mol. The fourth-order valence-electron chi connectivity index (χ4n) is 2.12. The van der Waals surface area contributed by atoms with Crippen molar-refractivity contribution >= 4 is 16.9 Å². The highest BCUT2D eigenvalue weighted by Gasteiger charge is 2.32. The van der Waals surface area contributed by atoms with Gasteiger partial charge in [-0.05, 0) is 38.5 Å². The summed E-state index contributed by atoms with van der Waals surface area (Å²) in [7, 11) is 1.94. The van der Waals surface area contributed by atoms with E-state index >= 15 is 0 Å². The first-order chi connectivity index (χ1) is 7.84. The third-order valence-corrected chi connectivity index (χ3v) is 3.35. The number of carboxylic acids is 1. The van der Waals surface area contributed by atoms with Crippen LogP contribution >= 0.6 is 0 Å². The molecule has 0 atom stereocenters. The topological polar surface area (TPSA) is 42.2 Å². The van der Waals surface area contributed by atoms with Gasteiger partial charge in [0.15, 0.2) is 0 Å². The van der Waals surface area contributed by atoms with Crippen molar-refractivity contribution in [2.75, 3.05) is 0 Å². The summed E-state index contributed by atoms with van der Waals surface area (Å²) in [5.74, 6) is -0.800. The van der Waals surface area contributed by atoms with Crippen molar-refractivity contribution in [1.82, 2.24) is 4.57 Å². The fourth-order valence-corrected chi connectivity index (χ4v) is 2.12. The van der Waals surface area contributed by atoms with E-state index in [1.165, 1.54) is 0 Å². The third-order valence-electron chi connectivity index (χ3n) is 3.35. The molecule has 0 radical (unpaired) electrons. The van der Waals surface area contributed by atoms with Crippen LogP contribution in [0.5, 0.6) is 0 Å². The molecular formula is C14H17NO2. The van der Waals surface area contributed by atoms with Gasteiger partial charge in [0.05, 0.1) is 5.41 Å². The van der Waals surface area contributed by atoms with E-state index in [0.29, 0.717) is 0 Å². The second kappa shape index (κ2) is 3.62. The summed E-state index contributed by atoms with van der Waals surface area (Å²) in [5, 5.41) is 10.4. The van der Waals surface area contributed by atoms with Crippen LogP contribution in [0, 0.1) is 6.92 Å². The number of aryl methyl sites for hydroxylation is 2. The lowest BCUT2D eigenvalue weighted by atomic mass is 9.84. The van der Waals surface area contributed by atoms with E-state index in [4.69, 9.17) is 0 Å². The maximum absolute atomic E-state index is 11.4. The van der Waals surface area contributed by atoms with Crippen LogP contribution < -0.4 is 0 Å². The van der Waals surface area contributed by atoms with Gasteiger partial charge >= 0.3 is 5.97 Å². The first-order valence-electron chi connectivity index (χ1n) is 5.63. The minimum Gasteiger partial charge on any atom is -0.481 e. The molecule has 0 bridgehead atoms. The van der Waals surface area contributed by atoms with Gasteiger partial charge in [0.2, 0.25) is 0 Å². The van der Waals surface area contributed by atoms with Gasteiger partial charge in [0.1, 0.15) is 0 Å². The zero-order valence-electron chi connectivity index (χ0n) is 10.6. The number of carboxylic acid groups (broad SMARTS) is 1. The lowest BCUT2D eigenvalue weighted by Crippen LogP contribution is -2.28. The normalized spacial score (nSPS) is 12.0. The predicted octanol–water partition coefficient (Wildman–Crippen LogP) is 2.85. The van der Waals surface area contributed by atoms with Crippen LogP contribution in [0.15, 0.2) is 24.4 Å². The van der Waals surface area contributed by atoms with Crippen molar-refractivity contribution in [3.63, 3.8) is 0 Å². The van der Waals surface area contributed by atoms with E-state index in [1.807, 2.05) is 36.9 Å². The van der Waals surface area contributed by atoms with E-state index in [0.717, 1.165) is 22.0 Å². The molecule has 0 saturated heterocycles. The number of carbonyl (C=O) groups is 1. The highest BCUT2D eigenvalue weighted by Crippen LogP contribution is 2.32. The van der Waals surface area contributed by atoms with E-state index in [9.17, 15) is 9.90 Å². The van der Waals surface area contributed by atoms with Crippen LogP contribution in [0.1, 0.15) is 25.0 Å². The Kier molecular flexibility index (Phi) is 2.49. The van der Waals surface area contributed by atoms with Gasteiger partial charge < -0.3 is 9.67 Å². The number of benzene rings is 1. The molecule has 0 aliphatic heterocycles.